The predicted octanol–water partition coefficient (Wildman–Crippen LogP) is 6.46. The number of carboxylic acids is 1. The first kappa shape index (κ1) is 31.7. The average molecular weight is 588 g/mol. The van der Waals surface area contributed by atoms with Crippen LogP contribution < -0.4 is 0 Å². The molecule has 2 saturated heterocycles. The van der Waals surface area contributed by atoms with Crippen LogP contribution in [0.25, 0.3) is 0 Å². The molecule has 2 aromatic carbocycles. The molecule has 6 rings (SSSR count). The first-order chi connectivity index (χ1) is 20.9. The van der Waals surface area contributed by atoms with Gasteiger partial charge in [0.2, 0.25) is 5.91 Å². The summed E-state index contributed by atoms with van der Waals surface area (Å²) in [5.41, 5.74) is 2.62. The van der Waals surface area contributed by atoms with Gasteiger partial charge in [0.15, 0.2) is 0 Å². The van der Waals surface area contributed by atoms with Gasteiger partial charge in [0.1, 0.15) is 6.04 Å². The highest BCUT2D eigenvalue weighted by Gasteiger charge is 2.43. The van der Waals surface area contributed by atoms with E-state index in [1.54, 1.807) is 0 Å². The number of aliphatic carboxylic acids is 1. The Hall–Kier alpha value is -2.70. The zero-order chi connectivity index (χ0) is 30.2. The maximum absolute atomic E-state index is 12.8. The first-order valence-electron chi connectivity index (χ1n) is 17.0. The minimum Gasteiger partial charge on any atom is -0.480 e. The summed E-state index contributed by atoms with van der Waals surface area (Å²) in [6, 6.07) is 21.6. The molecule has 234 valence electrons. The van der Waals surface area contributed by atoms with Crippen LogP contribution in [0.5, 0.6) is 0 Å². The molecular formula is C37H53N3O3. The second-order valence-corrected chi connectivity index (χ2v) is 13.7. The lowest BCUT2D eigenvalue weighted by atomic mass is 9.83. The van der Waals surface area contributed by atoms with Gasteiger partial charge in [0.05, 0.1) is 0 Å². The van der Waals surface area contributed by atoms with Gasteiger partial charge in [-0.25, -0.2) is 0 Å². The molecule has 0 radical (unpaired) electrons. The molecule has 2 heterocycles. The molecule has 0 aromatic heterocycles. The van der Waals surface area contributed by atoms with Crippen molar-refractivity contribution in [3.8, 4) is 0 Å². The van der Waals surface area contributed by atoms with E-state index < -0.39 is 5.97 Å². The maximum Gasteiger partial charge on any atom is 0.321 e. The van der Waals surface area contributed by atoms with Crippen molar-refractivity contribution < 1.29 is 14.7 Å². The van der Waals surface area contributed by atoms with Crippen LogP contribution in [0.2, 0.25) is 0 Å². The number of benzene rings is 2. The van der Waals surface area contributed by atoms with Crippen LogP contribution in [0.1, 0.15) is 88.2 Å². The Labute approximate surface area is 259 Å². The minimum atomic E-state index is -0.615. The lowest BCUT2D eigenvalue weighted by molar-refractivity contribution is -0.145. The number of hydrogen-bond acceptors (Lipinski definition) is 4. The van der Waals surface area contributed by atoms with Gasteiger partial charge in [-0.05, 0) is 101 Å². The number of piperidine rings is 1. The van der Waals surface area contributed by atoms with Crippen molar-refractivity contribution in [2.45, 2.75) is 102 Å². The molecule has 3 unspecified atom stereocenters. The number of nitrogens with zero attached hydrogens (tertiary/aromatic N) is 3. The second-order valence-electron chi connectivity index (χ2n) is 13.7. The van der Waals surface area contributed by atoms with E-state index >= 15 is 0 Å². The van der Waals surface area contributed by atoms with Crippen molar-refractivity contribution in [3.63, 3.8) is 0 Å². The highest BCUT2D eigenvalue weighted by molar-refractivity contribution is 5.77. The Morgan fingerprint density at radius 2 is 1.51 bits per heavy atom. The fraction of sp³-hybridized carbons (Fsp3) is 0.622. The molecule has 2 saturated carbocycles. The molecule has 2 aliphatic carbocycles. The monoisotopic (exact) mass is 587 g/mol. The van der Waals surface area contributed by atoms with Crippen LogP contribution in [0.3, 0.4) is 0 Å². The molecule has 0 spiro atoms. The standard InChI is InChI=1S/C19H28N2O.C18H25NO2/c1-15-14-18(15)21(17-10-12-20(2)13-11-17)19(22)9-8-16-6-4-3-5-7-16;20-18(21)17(15-9-5-2-6-10-15)19-12-11-16(13-19)14-7-3-1-4-8-14/h3-7,15,17-18H,8-14H2,1-2H3;1,3-4,7-8,15-17H,2,5-6,9-13H2,(H,20,21)/t;16?,17-/m.1/s1. The highest BCUT2D eigenvalue weighted by atomic mass is 16.4. The van der Waals surface area contributed by atoms with Gasteiger partial charge >= 0.3 is 5.97 Å². The van der Waals surface area contributed by atoms with Crippen LogP contribution in [0.15, 0.2) is 60.7 Å². The van der Waals surface area contributed by atoms with Crippen molar-refractivity contribution in [2.24, 2.45) is 11.8 Å². The van der Waals surface area contributed by atoms with Gasteiger partial charge < -0.3 is 14.9 Å². The number of aryl methyl sites for hydroxylation is 1. The van der Waals surface area contributed by atoms with Crippen molar-refractivity contribution >= 4 is 11.9 Å². The fourth-order valence-electron chi connectivity index (χ4n) is 7.79. The first-order valence-corrected chi connectivity index (χ1v) is 17.0. The van der Waals surface area contributed by atoms with Gasteiger partial charge in [0, 0.05) is 25.0 Å². The Kier molecular flexibility index (Phi) is 11.3. The Bertz CT molecular complexity index is 1140. The third kappa shape index (κ3) is 8.69. The molecule has 43 heavy (non-hydrogen) atoms. The molecule has 0 bridgehead atoms. The largest absolute Gasteiger partial charge is 0.480 e. The lowest BCUT2D eigenvalue weighted by Gasteiger charge is -2.38. The topological polar surface area (TPSA) is 64.1 Å². The molecule has 4 aliphatic rings. The second kappa shape index (κ2) is 15.3. The van der Waals surface area contributed by atoms with E-state index in [4.69, 9.17) is 0 Å². The summed E-state index contributed by atoms with van der Waals surface area (Å²) in [5, 5.41) is 9.70. The molecular weight excluding hydrogens is 534 g/mol. The number of carbonyl (C=O) groups is 2. The number of rotatable bonds is 9. The molecule has 4 fully saturated rings. The number of carboxylic acid groups (broad SMARTS) is 1. The van der Waals surface area contributed by atoms with Crippen LogP contribution in [-0.2, 0) is 16.0 Å². The van der Waals surface area contributed by atoms with E-state index in [1.807, 2.05) is 12.1 Å². The van der Waals surface area contributed by atoms with Crippen LogP contribution in [-0.4, -0.2) is 83.0 Å². The Morgan fingerprint density at radius 3 is 2.12 bits per heavy atom. The Balaban J connectivity index is 0.000000171. The molecule has 6 nitrogen and oxygen atoms in total. The van der Waals surface area contributed by atoms with E-state index in [0.29, 0.717) is 42.2 Å². The van der Waals surface area contributed by atoms with Gasteiger partial charge in [-0.1, -0.05) is 86.8 Å². The summed E-state index contributed by atoms with van der Waals surface area (Å²) in [7, 11) is 2.18. The van der Waals surface area contributed by atoms with E-state index in [9.17, 15) is 14.7 Å². The van der Waals surface area contributed by atoms with Gasteiger partial charge in [0.25, 0.3) is 0 Å². The summed E-state index contributed by atoms with van der Waals surface area (Å²) >= 11 is 0. The number of hydrogen-bond donors (Lipinski definition) is 1. The van der Waals surface area contributed by atoms with Crippen LogP contribution in [0, 0.1) is 11.8 Å². The third-order valence-electron chi connectivity index (χ3n) is 10.5. The third-order valence-corrected chi connectivity index (χ3v) is 10.5. The van der Waals surface area contributed by atoms with Crippen LogP contribution >= 0.6 is 0 Å². The number of amides is 1. The molecule has 1 N–H and O–H groups in total. The van der Waals surface area contributed by atoms with E-state index in [2.05, 4.69) is 77.2 Å². The molecule has 2 aromatic rings. The Morgan fingerprint density at radius 1 is 0.884 bits per heavy atom. The van der Waals surface area contributed by atoms with Crippen LogP contribution in [0.4, 0.5) is 0 Å². The van der Waals surface area contributed by atoms with E-state index in [0.717, 1.165) is 64.7 Å². The quantitative estimate of drug-likeness (QED) is 0.365. The molecule has 4 atom stereocenters. The van der Waals surface area contributed by atoms with E-state index in [1.165, 1.54) is 36.8 Å². The number of likely N-dealkylation sites (tertiary alicyclic amines) is 2. The lowest BCUT2D eigenvalue weighted by Crippen LogP contribution is -2.48. The zero-order valence-corrected chi connectivity index (χ0v) is 26.4. The van der Waals surface area contributed by atoms with Crippen molar-refractivity contribution in [2.75, 3.05) is 33.2 Å². The smallest absolute Gasteiger partial charge is 0.321 e. The predicted molar refractivity (Wildman–Crippen MR) is 173 cm³/mol. The number of carbonyl (C=O) groups excluding carboxylic acids is 1. The average Bonchev–Trinajstić information content (AvgIpc) is 3.54. The maximum atomic E-state index is 12.8. The SMILES string of the molecule is CC1CC1N(C(=O)CCc1ccccc1)C1CCN(C)CC1.O=C(O)[C@@H](C1CCCCC1)N1CCC(c2ccccc2)C1. The summed E-state index contributed by atoms with van der Waals surface area (Å²) < 4.78 is 0. The molecule has 1 amide bonds. The van der Waals surface area contributed by atoms with E-state index in [-0.39, 0.29) is 6.04 Å². The van der Waals surface area contributed by atoms with Crippen molar-refractivity contribution in [1.29, 1.82) is 0 Å². The normalized spacial score (nSPS) is 25.9. The summed E-state index contributed by atoms with van der Waals surface area (Å²) in [5.74, 6) is 1.30. The molecule has 2 aliphatic heterocycles. The molecule has 6 heteroatoms. The van der Waals surface area contributed by atoms with Crippen molar-refractivity contribution in [3.05, 3.63) is 71.8 Å². The minimum absolute atomic E-state index is 0.265. The fourth-order valence-corrected chi connectivity index (χ4v) is 7.79. The van der Waals surface area contributed by atoms with Gasteiger partial charge in [-0.3, -0.25) is 14.5 Å². The van der Waals surface area contributed by atoms with Crippen molar-refractivity contribution in [1.82, 2.24) is 14.7 Å². The highest BCUT2D eigenvalue weighted by Crippen LogP contribution is 2.38. The zero-order valence-electron chi connectivity index (χ0n) is 26.4. The summed E-state index contributed by atoms with van der Waals surface area (Å²) in [6.45, 7) is 6.34. The van der Waals surface area contributed by atoms with Gasteiger partial charge in [-0.2, -0.15) is 0 Å². The van der Waals surface area contributed by atoms with Gasteiger partial charge in [-0.15, -0.1) is 0 Å². The summed E-state index contributed by atoms with van der Waals surface area (Å²) in [4.78, 5) is 31.5. The summed E-state index contributed by atoms with van der Waals surface area (Å²) in [6.07, 6.45) is 11.9.